The highest BCUT2D eigenvalue weighted by atomic mass is 79.9. The first-order valence-corrected chi connectivity index (χ1v) is 6.15. The van der Waals surface area contributed by atoms with Crippen LogP contribution in [0, 0.1) is 0 Å². The van der Waals surface area contributed by atoms with E-state index in [-0.39, 0.29) is 29.2 Å². The molecule has 18 heavy (non-hydrogen) atoms. The number of ether oxygens (including phenoxy) is 1. The van der Waals surface area contributed by atoms with Gasteiger partial charge in [-0.3, -0.25) is 4.79 Å². The molecule has 0 aliphatic heterocycles. The summed E-state index contributed by atoms with van der Waals surface area (Å²) in [5.74, 6) is -1.20. The van der Waals surface area contributed by atoms with Crippen molar-refractivity contribution in [1.82, 2.24) is 0 Å². The van der Waals surface area contributed by atoms with Gasteiger partial charge in [-0.15, -0.1) is 0 Å². The summed E-state index contributed by atoms with van der Waals surface area (Å²) in [4.78, 5) is 22.4. The Balaban J connectivity index is 3.22. The Labute approximate surface area is 113 Å². The number of nitrogens with two attached hydrogens (primary N) is 1. The van der Waals surface area contributed by atoms with Crippen LogP contribution in [0.3, 0.4) is 0 Å². The van der Waals surface area contributed by atoms with E-state index in [1.54, 1.807) is 19.1 Å². The zero-order valence-corrected chi connectivity index (χ0v) is 11.7. The third-order valence-corrected chi connectivity index (χ3v) is 2.83. The summed E-state index contributed by atoms with van der Waals surface area (Å²) in [7, 11) is 0. The van der Waals surface area contributed by atoms with Crippen LogP contribution in [-0.4, -0.2) is 23.0 Å². The Morgan fingerprint density at radius 2 is 2.11 bits per heavy atom. The minimum absolute atomic E-state index is 0.125. The molecule has 1 aromatic carbocycles. The van der Waals surface area contributed by atoms with E-state index in [0.29, 0.717) is 4.47 Å². The molecule has 0 aliphatic rings. The molecule has 0 amide bonds. The van der Waals surface area contributed by atoms with Gasteiger partial charge in [0.1, 0.15) is 0 Å². The average molecular weight is 316 g/mol. The first-order chi connectivity index (χ1) is 8.36. The molecular formula is C12H14BrNO4. The number of carbonyl (C=O) groups excluding carboxylic acids is 1. The van der Waals surface area contributed by atoms with Crippen LogP contribution in [0.5, 0.6) is 5.75 Å². The molecule has 0 spiro atoms. The van der Waals surface area contributed by atoms with Crippen LogP contribution in [0.2, 0.25) is 0 Å². The number of halogens is 1. The van der Waals surface area contributed by atoms with Crippen molar-refractivity contribution in [2.45, 2.75) is 26.4 Å². The summed E-state index contributed by atoms with van der Waals surface area (Å²) in [6.07, 6.45) is -0.742. The highest BCUT2D eigenvalue weighted by molar-refractivity contribution is 9.10. The molecule has 0 aliphatic carbocycles. The second kappa shape index (κ2) is 5.86. The van der Waals surface area contributed by atoms with Crippen molar-refractivity contribution in [3.63, 3.8) is 0 Å². The molecule has 0 radical (unpaired) electrons. The molecule has 0 saturated heterocycles. The Kier molecular flexibility index (Phi) is 4.72. The van der Waals surface area contributed by atoms with E-state index in [2.05, 4.69) is 15.9 Å². The lowest BCUT2D eigenvalue weighted by molar-refractivity contribution is -0.145. The fourth-order valence-electron chi connectivity index (χ4n) is 1.46. The average Bonchev–Trinajstić information content (AvgIpc) is 2.26. The van der Waals surface area contributed by atoms with E-state index in [4.69, 9.17) is 15.6 Å². The first kappa shape index (κ1) is 14.5. The molecule has 3 N–H and O–H groups in total. The summed E-state index contributed by atoms with van der Waals surface area (Å²) in [6.45, 7) is 3.05. The van der Waals surface area contributed by atoms with E-state index in [1.807, 2.05) is 0 Å². The number of carbonyl (C=O) groups is 2. The van der Waals surface area contributed by atoms with E-state index in [0.717, 1.165) is 0 Å². The Morgan fingerprint density at radius 1 is 1.50 bits per heavy atom. The molecule has 0 heterocycles. The van der Waals surface area contributed by atoms with Gasteiger partial charge in [-0.1, -0.05) is 22.9 Å². The van der Waals surface area contributed by atoms with E-state index >= 15 is 0 Å². The third kappa shape index (κ3) is 3.22. The highest BCUT2D eigenvalue weighted by Crippen LogP contribution is 2.32. The lowest BCUT2D eigenvalue weighted by Gasteiger charge is -2.17. The van der Waals surface area contributed by atoms with Crippen molar-refractivity contribution in [3.8, 4) is 5.75 Å². The highest BCUT2D eigenvalue weighted by Gasteiger charge is 2.22. The van der Waals surface area contributed by atoms with Crippen LogP contribution in [0.1, 0.15) is 30.6 Å². The van der Waals surface area contributed by atoms with Crippen LogP contribution in [-0.2, 0) is 4.79 Å². The second-order valence-electron chi connectivity index (χ2n) is 3.78. The Hall–Kier alpha value is -1.56. The predicted molar refractivity (Wildman–Crippen MR) is 70.9 cm³/mol. The quantitative estimate of drug-likeness (QED) is 0.643. The van der Waals surface area contributed by atoms with Crippen LogP contribution < -0.4 is 10.5 Å². The van der Waals surface area contributed by atoms with Gasteiger partial charge in [-0.2, -0.15) is 0 Å². The lowest BCUT2D eigenvalue weighted by atomic mass is 10.1. The molecule has 0 aromatic heterocycles. The fourth-order valence-corrected chi connectivity index (χ4v) is 1.93. The number of nitrogen functional groups attached to an aromatic ring is 1. The van der Waals surface area contributed by atoms with Gasteiger partial charge in [-0.25, -0.2) is 4.79 Å². The smallest absolute Gasteiger partial charge is 0.344 e. The molecule has 1 aromatic rings. The number of carboxylic acid groups (broad SMARTS) is 1. The minimum atomic E-state index is -1.09. The number of rotatable bonds is 5. The van der Waals surface area contributed by atoms with Crippen LogP contribution in [0.4, 0.5) is 5.69 Å². The zero-order chi connectivity index (χ0) is 13.9. The molecule has 6 heteroatoms. The maximum absolute atomic E-state index is 11.5. The van der Waals surface area contributed by atoms with Crippen molar-refractivity contribution >= 4 is 33.4 Å². The van der Waals surface area contributed by atoms with Gasteiger partial charge < -0.3 is 15.6 Å². The number of benzene rings is 1. The number of anilines is 1. The maximum atomic E-state index is 11.5. The lowest BCUT2D eigenvalue weighted by Crippen LogP contribution is -2.27. The van der Waals surface area contributed by atoms with Crippen molar-refractivity contribution in [3.05, 3.63) is 22.2 Å². The molecular weight excluding hydrogens is 302 g/mol. The van der Waals surface area contributed by atoms with Gasteiger partial charge in [0.2, 0.25) is 0 Å². The van der Waals surface area contributed by atoms with Gasteiger partial charge >= 0.3 is 5.97 Å². The van der Waals surface area contributed by atoms with E-state index in [9.17, 15) is 9.59 Å². The van der Waals surface area contributed by atoms with Crippen molar-refractivity contribution < 1.29 is 19.4 Å². The number of Topliss-reactive ketones (excluding diaryl/α,β-unsaturated/α-hetero) is 1. The van der Waals surface area contributed by atoms with Crippen molar-refractivity contribution in [1.29, 1.82) is 0 Å². The predicted octanol–water partition coefficient (Wildman–Crippen LogP) is 2.48. The molecule has 1 unspecified atom stereocenters. The fraction of sp³-hybridized carbons (Fsp3) is 0.333. The molecule has 1 atom stereocenters. The second-order valence-corrected chi connectivity index (χ2v) is 4.70. The normalized spacial score (nSPS) is 11.9. The van der Waals surface area contributed by atoms with Crippen molar-refractivity contribution in [2.75, 3.05) is 5.73 Å². The molecule has 98 valence electrons. The van der Waals surface area contributed by atoms with Crippen LogP contribution >= 0.6 is 15.9 Å². The largest absolute Gasteiger partial charge is 0.479 e. The third-order valence-electron chi connectivity index (χ3n) is 2.37. The summed E-state index contributed by atoms with van der Waals surface area (Å²) < 4.78 is 5.98. The number of aliphatic carboxylic acids is 1. The standard InChI is InChI=1S/C12H14BrNO4/c1-3-10(12(16)17)18-11-8(6(2)15)4-7(13)5-9(11)14/h4-5,10H,3,14H2,1-2H3,(H,16,17). The number of ketones is 1. The van der Waals surface area contributed by atoms with Gasteiger partial charge in [0.15, 0.2) is 17.6 Å². The summed E-state index contributed by atoms with van der Waals surface area (Å²) in [5, 5.41) is 8.95. The van der Waals surface area contributed by atoms with Crippen LogP contribution in [0.25, 0.3) is 0 Å². The molecule has 0 fully saturated rings. The zero-order valence-electron chi connectivity index (χ0n) is 10.1. The molecule has 1 rings (SSSR count). The summed E-state index contributed by atoms with van der Waals surface area (Å²) in [6, 6.07) is 3.12. The van der Waals surface area contributed by atoms with Gasteiger partial charge in [0.05, 0.1) is 11.3 Å². The summed E-state index contributed by atoms with van der Waals surface area (Å²) in [5.41, 5.74) is 6.26. The SMILES string of the molecule is CCC(Oc1c(N)cc(Br)cc1C(C)=O)C(=O)O. The molecule has 0 saturated carbocycles. The van der Waals surface area contributed by atoms with E-state index < -0.39 is 12.1 Å². The van der Waals surface area contributed by atoms with Gasteiger partial charge in [-0.05, 0) is 25.5 Å². The van der Waals surface area contributed by atoms with Crippen LogP contribution in [0.15, 0.2) is 16.6 Å². The minimum Gasteiger partial charge on any atom is -0.479 e. The molecule has 5 nitrogen and oxygen atoms in total. The Bertz CT molecular complexity index is 487. The van der Waals surface area contributed by atoms with Gasteiger partial charge in [0, 0.05) is 4.47 Å². The topological polar surface area (TPSA) is 89.6 Å². The summed E-state index contributed by atoms with van der Waals surface area (Å²) >= 11 is 3.22. The van der Waals surface area contributed by atoms with Crippen molar-refractivity contribution in [2.24, 2.45) is 0 Å². The molecule has 0 bridgehead atoms. The van der Waals surface area contributed by atoms with E-state index in [1.165, 1.54) is 6.92 Å². The first-order valence-electron chi connectivity index (χ1n) is 5.36. The monoisotopic (exact) mass is 315 g/mol. The number of carboxylic acids is 1. The maximum Gasteiger partial charge on any atom is 0.344 e. The number of hydrogen-bond acceptors (Lipinski definition) is 4. The van der Waals surface area contributed by atoms with Gasteiger partial charge in [0.25, 0.3) is 0 Å². The Morgan fingerprint density at radius 3 is 2.56 bits per heavy atom. The number of hydrogen-bond donors (Lipinski definition) is 2.